The number of hydrogen-bond donors (Lipinski definition) is 4. The van der Waals surface area contributed by atoms with Crippen LogP contribution >= 0.6 is 0 Å². The summed E-state index contributed by atoms with van der Waals surface area (Å²) >= 11 is 0. The maximum atomic E-state index is 11.6. The maximum Gasteiger partial charge on any atom is 0.275 e. The molecule has 0 fully saturated rings. The summed E-state index contributed by atoms with van der Waals surface area (Å²) in [6.07, 6.45) is 0.946. The Bertz CT molecular complexity index is 587. The lowest BCUT2D eigenvalue weighted by atomic mass is 10.2. The number of pyridine rings is 1. The fourth-order valence-corrected chi connectivity index (χ4v) is 1.70. The maximum absolute atomic E-state index is 11.6. The van der Waals surface area contributed by atoms with Crippen LogP contribution < -0.4 is 5.32 Å². The van der Waals surface area contributed by atoms with Crippen LogP contribution in [0.15, 0.2) is 36.5 Å². The Balaban J connectivity index is 2.11. The molecule has 0 aliphatic carbocycles. The van der Waals surface area contributed by atoms with Crippen molar-refractivity contribution < 1.29 is 20.1 Å². The lowest BCUT2D eigenvalue weighted by molar-refractivity contribution is -0.314. The van der Waals surface area contributed by atoms with Crippen LogP contribution in [0.4, 0.5) is 5.69 Å². The summed E-state index contributed by atoms with van der Waals surface area (Å²) in [7, 11) is 0. The first-order valence-corrected chi connectivity index (χ1v) is 5.76. The van der Waals surface area contributed by atoms with Gasteiger partial charge in [0.25, 0.3) is 5.97 Å². The van der Waals surface area contributed by atoms with Crippen molar-refractivity contribution in [3.05, 3.63) is 36.5 Å². The number of aromatic nitrogens is 1. The van der Waals surface area contributed by atoms with E-state index in [1.54, 1.807) is 24.4 Å². The van der Waals surface area contributed by atoms with E-state index < -0.39 is 18.3 Å². The van der Waals surface area contributed by atoms with Gasteiger partial charge in [-0.05, 0) is 12.1 Å². The van der Waals surface area contributed by atoms with Gasteiger partial charge in [-0.1, -0.05) is 18.2 Å². The van der Waals surface area contributed by atoms with Gasteiger partial charge in [-0.15, -0.1) is 0 Å². The quantitative estimate of drug-likeness (QED) is 0.604. The van der Waals surface area contributed by atoms with Crippen LogP contribution in [-0.4, -0.2) is 32.2 Å². The van der Waals surface area contributed by atoms with E-state index in [0.717, 1.165) is 5.39 Å². The number of benzene rings is 1. The monoisotopic (exact) mass is 262 g/mol. The number of carbonyl (C=O) groups is 1. The summed E-state index contributed by atoms with van der Waals surface area (Å²) in [6.45, 7) is 0. The predicted molar refractivity (Wildman–Crippen MR) is 69.0 cm³/mol. The average molecular weight is 262 g/mol. The van der Waals surface area contributed by atoms with E-state index in [4.69, 9.17) is 15.3 Å². The molecule has 0 atom stereocenters. The van der Waals surface area contributed by atoms with E-state index in [9.17, 15) is 4.79 Å². The first-order valence-electron chi connectivity index (χ1n) is 5.76. The number of amides is 1. The summed E-state index contributed by atoms with van der Waals surface area (Å²) in [6, 6.07) is 9.04. The first-order chi connectivity index (χ1) is 8.96. The molecule has 1 heterocycles. The van der Waals surface area contributed by atoms with Gasteiger partial charge in [0, 0.05) is 24.4 Å². The standard InChI is InChI=1S/C13H14N2O4/c16-11(6-7-13(17,18)19)15-10-5-1-3-9-4-2-8-14-12(9)10/h1-5,8,17-19H,6-7H2,(H,15,16). The molecule has 1 aromatic heterocycles. The molecule has 6 heteroatoms. The second-order valence-corrected chi connectivity index (χ2v) is 4.20. The third-order valence-corrected chi connectivity index (χ3v) is 2.59. The van der Waals surface area contributed by atoms with Crippen molar-refractivity contribution in [2.75, 3.05) is 5.32 Å². The summed E-state index contributed by atoms with van der Waals surface area (Å²) in [5.41, 5.74) is 1.20. The van der Waals surface area contributed by atoms with E-state index in [-0.39, 0.29) is 6.42 Å². The molecule has 0 aliphatic rings. The third kappa shape index (κ3) is 3.72. The second kappa shape index (κ2) is 5.31. The van der Waals surface area contributed by atoms with E-state index in [1.165, 1.54) is 0 Å². The smallest absolute Gasteiger partial charge is 0.275 e. The van der Waals surface area contributed by atoms with E-state index >= 15 is 0 Å². The number of para-hydroxylation sites is 1. The van der Waals surface area contributed by atoms with Crippen LogP contribution in [0.25, 0.3) is 10.9 Å². The molecule has 0 saturated heterocycles. The number of anilines is 1. The van der Waals surface area contributed by atoms with E-state index in [0.29, 0.717) is 11.2 Å². The number of nitrogens with zero attached hydrogens (tertiary/aromatic N) is 1. The Morgan fingerprint density at radius 1 is 1.21 bits per heavy atom. The Hall–Kier alpha value is -2.02. The normalized spacial score (nSPS) is 11.5. The zero-order chi connectivity index (χ0) is 13.9. The predicted octanol–water partition coefficient (Wildman–Crippen LogP) is 0.584. The van der Waals surface area contributed by atoms with Crippen LogP contribution in [-0.2, 0) is 4.79 Å². The molecular formula is C13H14N2O4. The van der Waals surface area contributed by atoms with Crippen LogP contribution in [0.2, 0.25) is 0 Å². The van der Waals surface area contributed by atoms with Gasteiger partial charge in [-0.25, -0.2) is 0 Å². The van der Waals surface area contributed by atoms with Crippen molar-refractivity contribution in [2.45, 2.75) is 18.8 Å². The minimum Gasteiger partial charge on any atom is -0.344 e. The minimum absolute atomic E-state index is 0.216. The minimum atomic E-state index is -2.83. The lowest BCUT2D eigenvalue weighted by Crippen LogP contribution is -2.28. The molecule has 0 spiro atoms. The van der Waals surface area contributed by atoms with Crippen molar-refractivity contribution in [2.24, 2.45) is 0 Å². The van der Waals surface area contributed by atoms with Gasteiger partial charge in [-0.2, -0.15) is 0 Å². The Morgan fingerprint density at radius 3 is 2.68 bits per heavy atom. The summed E-state index contributed by atoms with van der Waals surface area (Å²) in [5.74, 6) is -3.26. The molecule has 6 nitrogen and oxygen atoms in total. The highest BCUT2D eigenvalue weighted by Gasteiger charge is 2.19. The molecule has 0 aliphatic heterocycles. The fraction of sp³-hybridized carbons (Fsp3) is 0.231. The fourth-order valence-electron chi connectivity index (χ4n) is 1.70. The molecule has 0 radical (unpaired) electrons. The number of nitrogens with one attached hydrogen (secondary N) is 1. The molecule has 100 valence electrons. The molecule has 4 N–H and O–H groups in total. The molecule has 2 rings (SSSR count). The Labute approximate surface area is 109 Å². The summed E-state index contributed by atoms with van der Waals surface area (Å²) in [5, 5.41) is 29.7. The zero-order valence-electron chi connectivity index (χ0n) is 10.1. The highest BCUT2D eigenvalue weighted by Crippen LogP contribution is 2.21. The van der Waals surface area contributed by atoms with Crippen LogP contribution in [0.1, 0.15) is 12.8 Å². The summed E-state index contributed by atoms with van der Waals surface area (Å²) < 4.78 is 0. The molecule has 19 heavy (non-hydrogen) atoms. The second-order valence-electron chi connectivity index (χ2n) is 4.20. The van der Waals surface area contributed by atoms with Gasteiger partial charge < -0.3 is 20.6 Å². The van der Waals surface area contributed by atoms with Crippen LogP contribution in [0.3, 0.4) is 0 Å². The van der Waals surface area contributed by atoms with Crippen LogP contribution in [0, 0.1) is 0 Å². The van der Waals surface area contributed by atoms with Crippen molar-refractivity contribution >= 4 is 22.5 Å². The first kappa shape index (κ1) is 13.4. The molecule has 1 aromatic carbocycles. The van der Waals surface area contributed by atoms with Crippen molar-refractivity contribution in [3.8, 4) is 0 Å². The SMILES string of the molecule is O=C(CCC(O)(O)O)Nc1cccc2cccnc12. The van der Waals surface area contributed by atoms with Crippen molar-refractivity contribution in [1.29, 1.82) is 0 Å². The zero-order valence-corrected chi connectivity index (χ0v) is 10.1. The van der Waals surface area contributed by atoms with E-state index in [1.807, 2.05) is 12.1 Å². The largest absolute Gasteiger partial charge is 0.344 e. The summed E-state index contributed by atoms with van der Waals surface area (Å²) in [4.78, 5) is 15.8. The third-order valence-electron chi connectivity index (χ3n) is 2.59. The van der Waals surface area contributed by atoms with Gasteiger partial charge in [0.1, 0.15) is 0 Å². The molecule has 1 amide bonds. The number of hydrogen-bond acceptors (Lipinski definition) is 5. The number of fused-ring (bicyclic) bond motifs is 1. The number of carbonyl (C=O) groups excluding carboxylic acids is 1. The molecule has 0 bridgehead atoms. The van der Waals surface area contributed by atoms with Gasteiger partial charge in [-0.3, -0.25) is 9.78 Å². The van der Waals surface area contributed by atoms with E-state index in [2.05, 4.69) is 10.3 Å². The number of rotatable bonds is 4. The topological polar surface area (TPSA) is 103 Å². The Kier molecular flexibility index (Phi) is 3.75. The van der Waals surface area contributed by atoms with Gasteiger partial charge >= 0.3 is 0 Å². The highest BCUT2D eigenvalue weighted by atomic mass is 16.7. The van der Waals surface area contributed by atoms with Gasteiger partial charge in [0.2, 0.25) is 5.91 Å². The number of aliphatic hydroxyl groups is 3. The molecule has 0 saturated carbocycles. The Morgan fingerprint density at radius 2 is 1.95 bits per heavy atom. The average Bonchev–Trinajstić information content (AvgIpc) is 2.36. The van der Waals surface area contributed by atoms with Crippen molar-refractivity contribution in [3.63, 3.8) is 0 Å². The van der Waals surface area contributed by atoms with Gasteiger partial charge in [0.15, 0.2) is 0 Å². The van der Waals surface area contributed by atoms with Crippen molar-refractivity contribution in [1.82, 2.24) is 4.98 Å². The molecular weight excluding hydrogens is 248 g/mol. The molecule has 0 unspecified atom stereocenters. The van der Waals surface area contributed by atoms with Gasteiger partial charge in [0.05, 0.1) is 11.2 Å². The molecule has 2 aromatic rings. The highest BCUT2D eigenvalue weighted by molar-refractivity contribution is 6.00. The lowest BCUT2D eigenvalue weighted by Gasteiger charge is -2.13. The van der Waals surface area contributed by atoms with Crippen LogP contribution in [0.5, 0.6) is 0 Å².